The molecule has 0 bridgehead atoms. The van der Waals surface area contributed by atoms with Crippen LogP contribution in [-0.4, -0.2) is 65.7 Å². The number of aryl methyl sites for hydroxylation is 2. The van der Waals surface area contributed by atoms with Crippen molar-refractivity contribution in [3.63, 3.8) is 0 Å². The van der Waals surface area contributed by atoms with Gasteiger partial charge >= 0.3 is 0 Å². The monoisotopic (exact) mass is 524 g/mol. The number of carbonyl (C=O) groups is 1. The van der Waals surface area contributed by atoms with Gasteiger partial charge in [0.25, 0.3) is 10.0 Å². The van der Waals surface area contributed by atoms with Gasteiger partial charge in [0.15, 0.2) is 5.78 Å². The zero-order chi connectivity index (χ0) is 26.2. The van der Waals surface area contributed by atoms with Crippen LogP contribution in [0.25, 0.3) is 22.2 Å². The Morgan fingerprint density at radius 3 is 2.57 bits per heavy atom. The number of Topliss-reactive ketones (excluding diaryl/α,β-unsaturated/α-hetero) is 1. The lowest BCUT2D eigenvalue weighted by Crippen LogP contribution is -2.36. The number of hydrogen-bond acceptors (Lipinski definition) is 6. The number of morpholine rings is 1. The summed E-state index contributed by atoms with van der Waals surface area (Å²) in [5.74, 6) is -0.656. The molecule has 2 aromatic heterocycles. The highest BCUT2D eigenvalue weighted by atomic mass is 32.2. The van der Waals surface area contributed by atoms with E-state index in [1.165, 1.54) is 35.1 Å². The quantitative estimate of drug-likeness (QED) is 0.324. The number of benzene rings is 2. The van der Waals surface area contributed by atoms with E-state index in [2.05, 4.69) is 10.00 Å². The number of aromatic nitrogens is 3. The molecule has 0 radical (unpaired) electrons. The van der Waals surface area contributed by atoms with Gasteiger partial charge in [-0.3, -0.25) is 14.4 Å². The van der Waals surface area contributed by atoms with Crippen LogP contribution in [0.3, 0.4) is 0 Å². The molecule has 0 amide bonds. The molecule has 0 N–H and O–H groups in total. The van der Waals surface area contributed by atoms with Gasteiger partial charge in [0, 0.05) is 43.7 Å². The van der Waals surface area contributed by atoms with Crippen LogP contribution in [0, 0.1) is 12.7 Å². The normalized spacial score (nSPS) is 14.9. The first-order valence-corrected chi connectivity index (χ1v) is 13.7. The summed E-state index contributed by atoms with van der Waals surface area (Å²) in [6.45, 7) is 5.83. The number of carbonyl (C=O) groups excluding carboxylic acids is 1. The molecule has 10 heteroatoms. The Morgan fingerprint density at radius 2 is 1.84 bits per heavy atom. The summed E-state index contributed by atoms with van der Waals surface area (Å²) >= 11 is 0. The van der Waals surface area contributed by atoms with E-state index >= 15 is 4.39 Å². The number of ether oxygens (including phenoxy) is 1. The van der Waals surface area contributed by atoms with E-state index < -0.39 is 15.8 Å². The highest BCUT2D eigenvalue weighted by Crippen LogP contribution is 2.35. The fourth-order valence-corrected chi connectivity index (χ4v) is 6.07. The highest BCUT2D eigenvalue weighted by Gasteiger charge is 2.25. The van der Waals surface area contributed by atoms with E-state index in [0.717, 1.165) is 29.2 Å². The zero-order valence-electron chi connectivity index (χ0n) is 20.9. The largest absolute Gasteiger partial charge is 0.379 e. The third-order valence-corrected chi connectivity index (χ3v) is 8.43. The van der Waals surface area contributed by atoms with Crippen LogP contribution >= 0.6 is 0 Å². The molecule has 0 aliphatic carbocycles. The molecule has 5 rings (SSSR count). The summed E-state index contributed by atoms with van der Waals surface area (Å²) in [6, 6.07) is 12.5. The fraction of sp³-hybridized carbons (Fsp3) is 0.333. The van der Waals surface area contributed by atoms with Crippen LogP contribution in [0.4, 0.5) is 4.39 Å². The summed E-state index contributed by atoms with van der Waals surface area (Å²) in [4.78, 5) is 15.3. The predicted molar refractivity (Wildman–Crippen MR) is 139 cm³/mol. The second-order valence-electron chi connectivity index (χ2n) is 9.31. The molecule has 194 valence electrons. The second kappa shape index (κ2) is 10.2. The fourth-order valence-electron chi connectivity index (χ4n) is 4.70. The van der Waals surface area contributed by atoms with Gasteiger partial charge in [-0.15, -0.1) is 0 Å². The second-order valence-corrected chi connectivity index (χ2v) is 11.1. The Labute approximate surface area is 215 Å². The van der Waals surface area contributed by atoms with Crippen LogP contribution in [0.2, 0.25) is 0 Å². The van der Waals surface area contributed by atoms with Gasteiger partial charge in [-0.05, 0) is 50.2 Å². The van der Waals surface area contributed by atoms with Crippen molar-refractivity contribution in [3.8, 4) is 11.3 Å². The molecule has 1 saturated heterocycles. The van der Waals surface area contributed by atoms with Crippen LogP contribution < -0.4 is 0 Å². The van der Waals surface area contributed by atoms with E-state index in [0.29, 0.717) is 37.3 Å². The number of halogens is 1. The number of nitrogens with zero attached hydrogens (tertiary/aromatic N) is 4. The minimum Gasteiger partial charge on any atom is -0.379 e. The zero-order valence-corrected chi connectivity index (χ0v) is 21.7. The third kappa shape index (κ3) is 4.96. The van der Waals surface area contributed by atoms with Gasteiger partial charge in [0.1, 0.15) is 11.5 Å². The summed E-state index contributed by atoms with van der Waals surface area (Å²) in [5.41, 5.74) is 2.24. The van der Waals surface area contributed by atoms with Crippen molar-refractivity contribution in [1.29, 1.82) is 0 Å². The minimum atomic E-state index is -3.99. The molecular weight excluding hydrogens is 495 g/mol. The Balaban J connectivity index is 1.48. The molecule has 37 heavy (non-hydrogen) atoms. The number of fused-ring (bicyclic) bond motifs is 1. The maximum absolute atomic E-state index is 15.1. The van der Waals surface area contributed by atoms with Crippen molar-refractivity contribution in [3.05, 3.63) is 71.8 Å². The summed E-state index contributed by atoms with van der Waals surface area (Å²) in [7, 11) is -2.33. The standard InChI is InChI=1S/C27H29FN4O4S/c1-19-8-10-20(11-9-19)37(34,35)32-18-21(27-22(28)5-3-6-24(27)32)25-17-23(29-30(25)2)26(33)7-4-12-31-13-15-36-16-14-31/h3,5-6,8-11,17-18H,4,7,12-16H2,1-2H3. The lowest BCUT2D eigenvalue weighted by atomic mass is 10.1. The molecule has 8 nitrogen and oxygen atoms in total. The van der Waals surface area contributed by atoms with Crippen molar-refractivity contribution in [1.82, 2.24) is 18.7 Å². The van der Waals surface area contributed by atoms with Crippen LogP contribution in [0.5, 0.6) is 0 Å². The van der Waals surface area contributed by atoms with E-state index in [1.807, 2.05) is 6.92 Å². The Hall–Kier alpha value is -3.34. The topological polar surface area (TPSA) is 86.4 Å². The molecule has 1 aliphatic rings. The van der Waals surface area contributed by atoms with E-state index in [-0.39, 0.29) is 27.3 Å². The number of rotatable bonds is 8. The molecule has 0 spiro atoms. The van der Waals surface area contributed by atoms with Gasteiger partial charge < -0.3 is 4.74 Å². The SMILES string of the molecule is Cc1ccc(S(=O)(=O)n2cc(-c3cc(C(=O)CCCN4CCOCC4)nn3C)c3c(F)cccc32)cc1. The first-order chi connectivity index (χ1) is 17.8. The smallest absolute Gasteiger partial charge is 0.268 e. The maximum atomic E-state index is 15.1. The highest BCUT2D eigenvalue weighted by molar-refractivity contribution is 7.90. The van der Waals surface area contributed by atoms with E-state index in [9.17, 15) is 13.2 Å². The van der Waals surface area contributed by atoms with Crippen molar-refractivity contribution in [2.24, 2.45) is 7.05 Å². The van der Waals surface area contributed by atoms with Gasteiger partial charge in [-0.1, -0.05) is 23.8 Å². The minimum absolute atomic E-state index is 0.104. The molecule has 2 aromatic carbocycles. The van der Waals surface area contributed by atoms with Crippen molar-refractivity contribution >= 4 is 26.7 Å². The molecule has 4 aromatic rings. The summed E-state index contributed by atoms with van der Waals surface area (Å²) < 4.78 is 50.1. The molecule has 1 fully saturated rings. The third-order valence-electron chi connectivity index (χ3n) is 6.75. The molecular formula is C27H29FN4O4S. The van der Waals surface area contributed by atoms with Gasteiger partial charge in [-0.25, -0.2) is 16.8 Å². The van der Waals surface area contributed by atoms with Crippen molar-refractivity contribution in [2.45, 2.75) is 24.7 Å². The first kappa shape index (κ1) is 25.3. The summed E-state index contributed by atoms with van der Waals surface area (Å²) in [6.07, 6.45) is 2.45. The van der Waals surface area contributed by atoms with E-state index in [1.54, 1.807) is 31.3 Å². The molecule has 0 atom stereocenters. The van der Waals surface area contributed by atoms with E-state index in [4.69, 9.17) is 4.74 Å². The molecule has 3 heterocycles. The molecule has 0 unspecified atom stereocenters. The average molecular weight is 525 g/mol. The number of ketones is 1. The summed E-state index contributed by atoms with van der Waals surface area (Å²) in [5, 5.41) is 4.54. The predicted octanol–water partition coefficient (Wildman–Crippen LogP) is 4.02. The Kier molecular flexibility index (Phi) is 6.98. The molecule has 1 aliphatic heterocycles. The van der Waals surface area contributed by atoms with Crippen molar-refractivity contribution in [2.75, 3.05) is 32.8 Å². The lowest BCUT2D eigenvalue weighted by molar-refractivity contribution is 0.0371. The van der Waals surface area contributed by atoms with Crippen LogP contribution in [0.15, 0.2) is 59.6 Å². The first-order valence-electron chi connectivity index (χ1n) is 12.3. The number of hydrogen-bond donors (Lipinski definition) is 0. The molecule has 0 saturated carbocycles. The Bertz CT molecular complexity index is 1550. The van der Waals surface area contributed by atoms with Gasteiger partial charge in [-0.2, -0.15) is 5.10 Å². The van der Waals surface area contributed by atoms with Crippen molar-refractivity contribution < 1.29 is 22.3 Å². The van der Waals surface area contributed by atoms with Crippen LogP contribution in [0.1, 0.15) is 28.9 Å². The Morgan fingerprint density at radius 1 is 1.11 bits per heavy atom. The maximum Gasteiger partial charge on any atom is 0.268 e. The lowest BCUT2D eigenvalue weighted by Gasteiger charge is -2.26. The average Bonchev–Trinajstić information content (AvgIpc) is 3.47. The van der Waals surface area contributed by atoms with Gasteiger partial charge in [0.2, 0.25) is 0 Å². The van der Waals surface area contributed by atoms with Gasteiger partial charge in [0.05, 0.1) is 29.3 Å². The van der Waals surface area contributed by atoms with Crippen LogP contribution in [-0.2, 0) is 21.8 Å².